The van der Waals surface area contributed by atoms with E-state index in [0.29, 0.717) is 38.8 Å². The Kier molecular flexibility index (Phi) is 6.80. The Morgan fingerprint density at radius 3 is 2.32 bits per heavy atom. The normalized spacial score (nSPS) is 16.2. The van der Waals surface area contributed by atoms with E-state index >= 15 is 0 Å². The van der Waals surface area contributed by atoms with Crippen molar-refractivity contribution >= 4 is 18.0 Å². The van der Waals surface area contributed by atoms with E-state index in [1.165, 1.54) is 0 Å². The maximum atomic E-state index is 12.4. The summed E-state index contributed by atoms with van der Waals surface area (Å²) in [4.78, 5) is 35.9. The lowest BCUT2D eigenvalue weighted by molar-refractivity contribution is -0.143. The van der Waals surface area contributed by atoms with Crippen molar-refractivity contribution in [3.8, 4) is 0 Å². The highest BCUT2D eigenvalue weighted by molar-refractivity contribution is 5.76. The molecule has 1 fully saturated rings. The molecule has 7 nitrogen and oxygen atoms in total. The number of hydrogen-bond acceptors (Lipinski definition) is 3. The second-order valence-electron chi connectivity index (χ2n) is 6.37. The Hall–Kier alpha value is -2.57. The van der Waals surface area contributed by atoms with Crippen LogP contribution in [0.2, 0.25) is 0 Å². The molecule has 0 bridgehead atoms. The summed E-state index contributed by atoms with van der Waals surface area (Å²) in [6, 6.07) is 9.07. The maximum Gasteiger partial charge on any atom is 0.317 e. The van der Waals surface area contributed by atoms with Crippen LogP contribution < -0.4 is 5.32 Å². The molecule has 1 heterocycles. The van der Waals surface area contributed by atoms with Crippen LogP contribution in [0.5, 0.6) is 0 Å². The zero-order valence-corrected chi connectivity index (χ0v) is 14.1. The van der Waals surface area contributed by atoms with Gasteiger partial charge < -0.3 is 20.4 Å². The van der Waals surface area contributed by atoms with E-state index in [4.69, 9.17) is 10.2 Å². The molecule has 1 aliphatic heterocycles. The maximum absolute atomic E-state index is 12.4. The van der Waals surface area contributed by atoms with Crippen molar-refractivity contribution < 1.29 is 24.6 Å². The smallest absolute Gasteiger partial charge is 0.317 e. The lowest BCUT2D eigenvalue weighted by atomic mass is 9.97. The van der Waals surface area contributed by atoms with Crippen LogP contribution in [0.1, 0.15) is 31.2 Å². The molecule has 1 aliphatic rings. The predicted octanol–water partition coefficient (Wildman–Crippen LogP) is 1.97. The van der Waals surface area contributed by atoms with Crippen LogP contribution >= 0.6 is 0 Å². The topological polar surface area (TPSA) is 107 Å². The highest BCUT2D eigenvalue weighted by Crippen LogP contribution is 2.18. The quantitative estimate of drug-likeness (QED) is 0.698. The van der Waals surface area contributed by atoms with Gasteiger partial charge in [0, 0.05) is 25.6 Å². The third-order valence-electron chi connectivity index (χ3n) is 4.49. The molecule has 7 heteroatoms. The fourth-order valence-corrected chi connectivity index (χ4v) is 3.02. The molecule has 1 unspecified atom stereocenters. The summed E-state index contributed by atoms with van der Waals surface area (Å²) in [6.07, 6.45) is 1.79. The summed E-state index contributed by atoms with van der Waals surface area (Å²) in [5.74, 6) is -2.10. The first-order valence-corrected chi connectivity index (χ1v) is 8.49. The Labute approximate surface area is 146 Å². The highest BCUT2D eigenvalue weighted by Gasteiger charge is 2.28. The standard InChI is InChI=1S/C18H24N2O5/c21-16(22)7-6-15(12-13-4-2-1-3-5-13)19-18(25)20-10-8-14(9-11-20)17(23)24/h1-5,14-15H,6-12H2,(H,19,25)(H,21,22)(H,23,24). The highest BCUT2D eigenvalue weighted by atomic mass is 16.4. The summed E-state index contributed by atoms with van der Waals surface area (Å²) < 4.78 is 0. The van der Waals surface area contributed by atoms with Crippen LogP contribution in [0.4, 0.5) is 4.79 Å². The van der Waals surface area contributed by atoms with Gasteiger partial charge in [0.1, 0.15) is 0 Å². The first-order chi connectivity index (χ1) is 12.0. The molecule has 2 rings (SSSR count). The lowest BCUT2D eigenvalue weighted by Gasteiger charge is -2.31. The lowest BCUT2D eigenvalue weighted by Crippen LogP contribution is -2.49. The van der Waals surface area contributed by atoms with E-state index in [1.807, 2.05) is 30.3 Å². The van der Waals surface area contributed by atoms with E-state index in [0.717, 1.165) is 5.56 Å². The van der Waals surface area contributed by atoms with Crippen molar-refractivity contribution in [2.45, 2.75) is 38.1 Å². The molecule has 3 N–H and O–H groups in total. The summed E-state index contributed by atoms with van der Waals surface area (Å²) >= 11 is 0. The van der Waals surface area contributed by atoms with Gasteiger partial charge in [0.2, 0.25) is 0 Å². The van der Waals surface area contributed by atoms with Gasteiger partial charge in [0.25, 0.3) is 0 Å². The number of nitrogens with zero attached hydrogens (tertiary/aromatic N) is 1. The van der Waals surface area contributed by atoms with Crippen molar-refractivity contribution in [3.05, 3.63) is 35.9 Å². The number of carbonyl (C=O) groups is 3. The fraction of sp³-hybridized carbons (Fsp3) is 0.500. The van der Waals surface area contributed by atoms with Crippen LogP contribution in [0.25, 0.3) is 0 Å². The number of amides is 2. The fourth-order valence-electron chi connectivity index (χ4n) is 3.02. The number of nitrogens with one attached hydrogen (secondary N) is 1. The molecule has 0 radical (unpaired) electrons. The first-order valence-electron chi connectivity index (χ1n) is 8.49. The number of hydrogen-bond donors (Lipinski definition) is 3. The molecule has 1 atom stereocenters. The van der Waals surface area contributed by atoms with Crippen molar-refractivity contribution in [1.82, 2.24) is 10.2 Å². The third-order valence-corrected chi connectivity index (χ3v) is 4.49. The number of likely N-dealkylation sites (tertiary alicyclic amines) is 1. The minimum Gasteiger partial charge on any atom is -0.481 e. The van der Waals surface area contributed by atoms with Crippen LogP contribution in [0, 0.1) is 5.92 Å². The SMILES string of the molecule is O=C(O)CCC(Cc1ccccc1)NC(=O)N1CCC(C(=O)O)CC1. The average molecular weight is 348 g/mol. The Balaban J connectivity index is 1.92. The molecule has 0 saturated carbocycles. The van der Waals surface area contributed by atoms with Crippen LogP contribution in [-0.4, -0.2) is 52.2 Å². The third kappa shape index (κ3) is 6.10. The van der Waals surface area contributed by atoms with Gasteiger partial charge in [-0.05, 0) is 31.2 Å². The minimum atomic E-state index is -0.894. The van der Waals surface area contributed by atoms with Gasteiger partial charge >= 0.3 is 18.0 Å². The minimum absolute atomic E-state index is 0.0150. The number of piperidine rings is 1. The van der Waals surface area contributed by atoms with Crippen LogP contribution in [0.15, 0.2) is 30.3 Å². The van der Waals surface area contributed by atoms with E-state index in [-0.39, 0.29) is 18.5 Å². The number of rotatable bonds is 7. The van der Waals surface area contributed by atoms with Crippen molar-refractivity contribution in [2.24, 2.45) is 5.92 Å². The summed E-state index contributed by atoms with van der Waals surface area (Å²) in [5, 5.41) is 20.8. The van der Waals surface area contributed by atoms with E-state index in [1.54, 1.807) is 4.90 Å². The second kappa shape index (κ2) is 9.05. The second-order valence-corrected chi connectivity index (χ2v) is 6.37. The van der Waals surface area contributed by atoms with Crippen molar-refractivity contribution in [3.63, 3.8) is 0 Å². The van der Waals surface area contributed by atoms with E-state index < -0.39 is 17.9 Å². The number of carboxylic acid groups (broad SMARTS) is 2. The Morgan fingerprint density at radius 1 is 1.12 bits per heavy atom. The molecule has 0 aliphatic carbocycles. The summed E-state index contributed by atoms with van der Waals surface area (Å²) in [7, 11) is 0. The van der Waals surface area contributed by atoms with Crippen molar-refractivity contribution in [2.75, 3.05) is 13.1 Å². The zero-order valence-electron chi connectivity index (χ0n) is 14.1. The molecule has 25 heavy (non-hydrogen) atoms. The van der Waals surface area contributed by atoms with E-state index in [9.17, 15) is 14.4 Å². The number of benzene rings is 1. The molecule has 1 saturated heterocycles. The predicted molar refractivity (Wildman–Crippen MR) is 91.3 cm³/mol. The van der Waals surface area contributed by atoms with Crippen LogP contribution in [0.3, 0.4) is 0 Å². The molecule has 2 amide bonds. The Morgan fingerprint density at radius 2 is 1.76 bits per heavy atom. The molecule has 1 aromatic carbocycles. The van der Waals surface area contributed by atoms with Gasteiger partial charge in [0.05, 0.1) is 5.92 Å². The molecule has 136 valence electrons. The largest absolute Gasteiger partial charge is 0.481 e. The first kappa shape index (κ1) is 18.8. The monoisotopic (exact) mass is 348 g/mol. The van der Waals surface area contributed by atoms with Gasteiger partial charge in [-0.1, -0.05) is 30.3 Å². The summed E-state index contributed by atoms with van der Waals surface area (Å²) in [5.41, 5.74) is 1.03. The zero-order chi connectivity index (χ0) is 18.2. The molecular formula is C18H24N2O5. The molecule has 0 spiro atoms. The number of urea groups is 1. The number of carbonyl (C=O) groups excluding carboxylic acids is 1. The van der Waals surface area contributed by atoms with Gasteiger partial charge in [-0.15, -0.1) is 0 Å². The molecule has 1 aromatic rings. The van der Waals surface area contributed by atoms with Crippen LogP contribution in [-0.2, 0) is 16.0 Å². The number of carboxylic acids is 2. The molecular weight excluding hydrogens is 324 g/mol. The Bertz CT molecular complexity index is 597. The van der Waals surface area contributed by atoms with Gasteiger partial charge in [-0.2, -0.15) is 0 Å². The van der Waals surface area contributed by atoms with Gasteiger partial charge in [-0.25, -0.2) is 4.79 Å². The summed E-state index contributed by atoms with van der Waals surface area (Å²) in [6.45, 7) is 0.805. The molecule has 0 aromatic heterocycles. The number of aliphatic carboxylic acids is 2. The average Bonchev–Trinajstić information content (AvgIpc) is 2.60. The van der Waals surface area contributed by atoms with Gasteiger partial charge in [0.15, 0.2) is 0 Å². The van der Waals surface area contributed by atoms with E-state index in [2.05, 4.69) is 5.32 Å². The van der Waals surface area contributed by atoms with Gasteiger partial charge in [-0.3, -0.25) is 9.59 Å². The van der Waals surface area contributed by atoms with Crippen molar-refractivity contribution in [1.29, 1.82) is 0 Å².